The first kappa shape index (κ1) is 20.2. The number of hydroxylamine groups is 1. The SMILES string of the molecule is O=C(CCc1ccc(OC(F)F)cc1)NC(F)C1=CC=C(C(=O)NO)[I-]1. The molecule has 1 aromatic carbocycles. The van der Waals surface area contributed by atoms with Gasteiger partial charge in [0.05, 0.1) is 0 Å². The summed E-state index contributed by atoms with van der Waals surface area (Å²) < 4.78 is 43.1. The Morgan fingerprint density at radius 2 is 1.85 bits per heavy atom. The van der Waals surface area contributed by atoms with E-state index in [2.05, 4.69) is 10.1 Å². The van der Waals surface area contributed by atoms with Gasteiger partial charge in [0.15, 0.2) is 0 Å². The quantitative estimate of drug-likeness (QED) is 0.192. The summed E-state index contributed by atoms with van der Waals surface area (Å²) in [5, 5.41) is 10.8. The molecule has 0 spiro atoms. The summed E-state index contributed by atoms with van der Waals surface area (Å²) in [6.45, 7) is -2.90. The maximum absolute atomic E-state index is 14.1. The predicted molar refractivity (Wildman–Crippen MR) is 80.5 cm³/mol. The number of aryl methyl sites for hydroxylation is 1. The number of alkyl halides is 3. The van der Waals surface area contributed by atoms with Crippen LogP contribution in [-0.2, 0) is 16.0 Å². The van der Waals surface area contributed by atoms with Crippen molar-refractivity contribution in [3.05, 3.63) is 49.1 Å². The van der Waals surface area contributed by atoms with E-state index >= 15 is 0 Å². The van der Waals surface area contributed by atoms with E-state index in [0.717, 1.165) is 0 Å². The van der Waals surface area contributed by atoms with Crippen molar-refractivity contribution >= 4 is 11.8 Å². The number of ether oxygens (including phenoxy) is 1. The third-order valence-electron chi connectivity index (χ3n) is 3.24. The van der Waals surface area contributed by atoms with Gasteiger partial charge in [0, 0.05) is 0 Å². The minimum absolute atomic E-state index is 0.0124. The Morgan fingerprint density at radius 1 is 1.15 bits per heavy atom. The molecule has 1 aliphatic rings. The third-order valence-corrected chi connectivity index (χ3v) is 6.20. The molecule has 0 saturated carbocycles. The summed E-state index contributed by atoms with van der Waals surface area (Å²) in [7, 11) is 0. The molecule has 0 aliphatic carbocycles. The van der Waals surface area contributed by atoms with Crippen LogP contribution in [0.25, 0.3) is 0 Å². The van der Waals surface area contributed by atoms with Crippen LogP contribution >= 0.6 is 0 Å². The number of amides is 2. The van der Waals surface area contributed by atoms with Crippen LogP contribution in [0, 0.1) is 0 Å². The molecule has 0 radical (unpaired) electrons. The van der Waals surface area contributed by atoms with E-state index in [9.17, 15) is 22.8 Å². The van der Waals surface area contributed by atoms with Crippen LogP contribution in [0.4, 0.5) is 13.2 Å². The summed E-state index contributed by atoms with van der Waals surface area (Å²) in [6.07, 6.45) is 1.45. The summed E-state index contributed by atoms with van der Waals surface area (Å²) in [5.74, 6) is -1.18. The molecule has 2 amide bonds. The van der Waals surface area contributed by atoms with E-state index in [1.807, 2.05) is 0 Å². The molecule has 26 heavy (non-hydrogen) atoms. The molecule has 1 aliphatic heterocycles. The molecule has 6 nitrogen and oxygen atoms in total. The van der Waals surface area contributed by atoms with Gasteiger partial charge in [-0.15, -0.1) is 0 Å². The van der Waals surface area contributed by atoms with Crippen LogP contribution < -0.4 is 36.7 Å². The zero-order valence-electron chi connectivity index (χ0n) is 13.2. The van der Waals surface area contributed by atoms with Crippen molar-refractivity contribution in [1.82, 2.24) is 10.8 Å². The first-order valence-corrected chi connectivity index (χ1v) is 9.53. The van der Waals surface area contributed by atoms with Crippen LogP contribution in [0.2, 0.25) is 0 Å². The van der Waals surface area contributed by atoms with E-state index in [1.54, 1.807) is 12.1 Å². The van der Waals surface area contributed by atoms with Crippen LogP contribution in [0.1, 0.15) is 12.0 Å². The number of hydrogen-bond acceptors (Lipinski definition) is 4. The maximum atomic E-state index is 14.1. The Balaban J connectivity index is 1.76. The molecule has 0 aromatic heterocycles. The van der Waals surface area contributed by atoms with Crippen molar-refractivity contribution < 1.29 is 53.9 Å². The van der Waals surface area contributed by atoms with Gasteiger partial charge in [0.25, 0.3) is 0 Å². The van der Waals surface area contributed by atoms with Gasteiger partial charge < -0.3 is 0 Å². The number of halogens is 4. The first-order chi connectivity index (χ1) is 12.4. The van der Waals surface area contributed by atoms with E-state index < -0.39 is 45.9 Å². The molecule has 10 heteroatoms. The molecule has 1 heterocycles. The van der Waals surface area contributed by atoms with Gasteiger partial charge in [-0.05, 0) is 0 Å². The van der Waals surface area contributed by atoms with Crippen LogP contribution in [0.5, 0.6) is 5.75 Å². The van der Waals surface area contributed by atoms with Gasteiger partial charge in [-0.3, -0.25) is 0 Å². The molecule has 0 fully saturated rings. The van der Waals surface area contributed by atoms with Gasteiger partial charge in [-0.2, -0.15) is 8.78 Å². The van der Waals surface area contributed by atoms with Crippen molar-refractivity contribution in [1.29, 1.82) is 0 Å². The normalized spacial score (nSPS) is 14.8. The third kappa shape index (κ3) is 6.02. The first-order valence-electron chi connectivity index (χ1n) is 7.37. The average Bonchev–Trinajstić information content (AvgIpc) is 3.10. The fraction of sp³-hybridized carbons (Fsp3) is 0.250. The molecule has 1 unspecified atom stereocenters. The van der Waals surface area contributed by atoms with E-state index in [4.69, 9.17) is 5.21 Å². The van der Waals surface area contributed by atoms with Crippen molar-refractivity contribution in [3.8, 4) is 5.75 Å². The molecule has 142 valence electrons. The summed E-state index contributed by atoms with van der Waals surface area (Å²) in [4.78, 5) is 23.1. The zero-order valence-corrected chi connectivity index (χ0v) is 15.4. The average molecular weight is 483 g/mol. The molecule has 3 N–H and O–H groups in total. The number of carbonyl (C=O) groups excluding carboxylic acids is 2. The molecule has 2 rings (SSSR count). The number of hydrogen-bond donors (Lipinski definition) is 3. The standard InChI is InChI=1S/C16H15F3IN2O4/c17-14(11-6-7-12(20-11)15(24)22-25)21-13(23)8-3-9-1-4-10(5-2-9)26-16(18)19/h1-2,4-7,14,16,25H,3,8H2,(H,21,23)(H,22,24)/q-1. The zero-order chi connectivity index (χ0) is 19.1. The van der Waals surface area contributed by atoms with Crippen LogP contribution in [-0.4, -0.2) is 29.9 Å². The Bertz CT molecular complexity index is 723. The molecule has 0 bridgehead atoms. The van der Waals surface area contributed by atoms with Crippen molar-refractivity contribution in [3.63, 3.8) is 0 Å². The fourth-order valence-electron chi connectivity index (χ4n) is 2.02. The van der Waals surface area contributed by atoms with Crippen LogP contribution in [0.3, 0.4) is 0 Å². The van der Waals surface area contributed by atoms with Crippen molar-refractivity contribution in [2.24, 2.45) is 0 Å². The van der Waals surface area contributed by atoms with Gasteiger partial charge in [-0.25, -0.2) is 0 Å². The van der Waals surface area contributed by atoms with Crippen molar-refractivity contribution in [2.45, 2.75) is 25.7 Å². The molecule has 0 saturated heterocycles. The van der Waals surface area contributed by atoms with E-state index in [0.29, 0.717) is 19.1 Å². The molecule has 1 atom stereocenters. The molecular formula is C16H15F3IN2O4-. The summed E-state index contributed by atoms with van der Waals surface area (Å²) >= 11 is -1.09. The summed E-state index contributed by atoms with van der Waals surface area (Å²) in [5.41, 5.74) is 2.20. The van der Waals surface area contributed by atoms with Gasteiger partial charge >= 0.3 is 148 Å². The van der Waals surface area contributed by atoms with Gasteiger partial charge in [0.2, 0.25) is 0 Å². The number of rotatable bonds is 8. The number of carbonyl (C=O) groups is 2. The second-order valence-corrected chi connectivity index (χ2v) is 8.00. The second-order valence-electron chi connectivity index (χ2n) is 5.05. The Labute approximate surface area is 157 Å². The fourth-order valence-corrected chi connectivity index (χ4v) is 4.20. The topological polar surface area (TPSA) is 87.7 Å². The van der Waals surface area contributed by atoms with E-state index in [-0.39, 0.29) is 12.2 Å². The number of allylic oxidation sites excluding steroid dienone is 2. The van der Waals surface area contributed by atoms with Gasteiger partial charge in [-0.1, -0.05) is 0 Å². The minimum atomic E-state index is -2.90. The summed E-state index contributed by atoms with van der Waals surface area (Å²) in [6, 6.07) is 5.83. The monoisotopic (exact) mass is 483 g/mol. The predicted octanol–water partition coefficient (Wildman–Crippen LogP) is -0.992. The van der Waals surface area contributed by atoms with E-state index in [1.165, 1.54) is 29.8 Å². The number of nitrogens with one attached hydrogen (secondary N) is 2. The Hall–Kier alpha value is -2.08. The Kier molecular flexibility index (Phi) is 7.45. The van der Waals surface area contributed by atoms with Crippen LogP contribution in [0.15, 0.2) is 43.6 Å². The molecular weight excluding hydrogens is 468 g/mol. The Morgan fingerprint density at radius 3 is 2.46 bits per heavy atom. The second kappa shape index (κ2) is 9.57. The molecule has 1 aromatic rings. The van der Waals surface area contributed by atoms with Crippen molar-refractivity contribution in [2.75, 3.05) is 0 Å². The number of benzene rings is 1. The van der Waals surface area contributed by atoms with Gasteiger partial charge in [0.1, 0.15) is 0 Å².